The molecule has 2 aromatic rings. The third kappa shape index (κ3) is 4.29. The highest BCUT2D eigenvalue weighted by molar-refractivity contribution is 7.90. The molecule has 0 heterocycles. The summed E-state index contributed by atoms with van der Waals surface area (Å²) in [6.07, 6.45) is 5.80. The van der Waals surface area contributed by atoms with Gasteiger partial charge in [-0.3, -0.25) is 4.79 Å². The minimum absolute atomic E-state index is 0.0600. The molecule has 1 aliphatic rings. The average Bonchev–Trinajstić information content (AvgIpc) is 2.64. The maximum atomic E-state index is 12.7. The van der Waals surface area contributed by atoms with Crippen LogP contribution in [0.2, 0.25) is 0 Å². The van der Waals surface area contributed by atoms with E-state index in [9.17, 15) is 13.2 Å². The zero-order valence-electron chi connectivity index (χ0n) is 14.0. The van der Waals surface area contributed by atoms with Crippen molar-refractivity contribution in [2.24, 2.45) is 9.39 Å². The van der Waals surface area contributed by atoms with Crippen LogP contribution in [0.15, 0.2) is 93.2 Å². The summed E-state index contributed by atoms with van der Waals surface area (Å²) in [5, 5.41) is 0. The van der Waals surface area contributed by atoms with Crippen molar-refractivity contribution in [3.63, 3.8) is 0 Å². The Hall–Kier alpha value is -3.12. The van der Waals surface area contributed by atoms with Crippen LogP contribution in [0.1, 0.15) is 11.1 Å². The number of rotatable bonds is 3. The first-order valence-electron chi connectivity index (χ1n) is 7.90. The number of hydrogen-bond acceptors (Lipinski definition) is 3. The molecule has 0 spiro atoms. The number of aliphatic imine (C=N–C) groups is 1. The van der Waals surface area contributed by atoms with Crippen LogP contribution in [-0.4, -0.2) is 25.7 Å². The zero-order valence-corrected chi connectivity index (χ0v) is 14.8. The third-order valence-electron chi connectivity index (χ3n) is 3.63. The molecule has 0 saturated heterocycles. The molecule has 5 nitrogen and oxygen atoms in total. The van der Waals surface area contributed by atoms with Gasteiger partial charge in [-0.1, -0.05) is 48.0 Å². The van der Waals surface area contributed by atoms with E-state index in [2.05, 4.69) is 9.39 Å². The van der Waals surface area contributed by atoms with Crippen molar-refractivity contribution in [3.8, 4) is 0 Å². The van der Waals surface area contributed by atoms with Crippen LogP contribution in [0.5, 0.6) is 0 Å². The Labute approximate surface area is 152 Å². The first-order valence-corrected chi connectivity index (χ1v) is 9.34. The van der Waals surface area contributed by atoms with Gasteiger partial charge in [-0.05, 0) is 43.4 Å². The van der Waals surface area contributed by atoms with Crippen molar-refractivity contribution in [1.82, 2.24) is 0 Å². The van der Waals surface area contributed by atoms with Crippen LogP contribution in [0, 0.1) is 6.92 Å². The fourth-order valence-electron chi connectivity index (χ4n) is 2.24. The number of ketones is 1. The van der Waals surface area contributed by atoms with Crippen molar-refractivity contribution in [3.05, 3.63) is 90.0 Å². The van der Waals surface area contributed by atoms with Gasteiger partial charge in [0.15, 0.2) is 11.6 Å². The quantitative estimate of drug-likeness (QED) is 0.476. The Morgan fingerprint density at radius 2 is 1.46 bits per heavy atom. The SMILES string of the molecule is Cc1ccc(S(=O)(=O)/N=C(/N=C2C=CC(=O)C=C2)c2ccccc2)cc1. The molecular weight excluding hydrogens is 348 g/mol. The second-order valence-electron chi connectivity index (χ2n) is 5.67. The predicted molar refractivity (Wildman–Crippen MR) is 102 cm³/mol. The smallest absolute Gasteiger partial charge is 0.284 e. The molecule has 3 rings (SSSR count). The standard InChI is InChI=1S/C20H16N2O3S/c1-15-7-13-19(14-8-15)26(24,25)22-20(16-5-3-2-4-6-16)21-17-9-11-18(23)12-10-17/h2-14H,1H3/b22-20+. The van der Waals surface area contributed by atoms with Crippen LogP contribution in [-0.2, 0) is 14.8 Å². The number of carbonyl (C=O) groups excluding carboxylic acids is 1. The number of aryl methyl sites for hydroxylation is 1. The second kappa shape index (κ2) is 7.41. The van der Waals surface area contributed by atoms with Crippen molar-refractivity contribution >= 4 is 27.4 Å². The number of sulfonamides is 1. The Kier molecular flexibility index (Phi) is 5.04. The van der Waals surface area contributed by atoms with Crippen molar-refractivity contribution in [1.29, 1.82) is 0 Å². The van der Waals surface area contributed by atoms with Crippen LogP contribution < -0.4 is 0 Å². The fraction of sp³-hybridized carbons (Fsp3) is 0.0500. The molecule has 0 aliphatic heterocycles. The number of benzene rings is 2. The molecule has 0 bridgehead atoms. The van der Waals surface area contributed by atoms with Gasteiger partial charge in [0.2, 0.25) is 0 Å². The number of carbonyl (C=O) groups is 1. The van der Waals surface area contributed by atoms with Gasteiger partial charge in [-0.2, -0.15) is 8.42 Å². The summed E-state index contributed by atoms with van der Waals surface area (Å²) >= 11 is 0. The van der Waals surface area contributed by atoms with Gasteiger partial charge >= 0.3 is 0 Å². The highest BCUT2D eigenvalue weighted by Gasteiger charge is 2.15. The van der Waals surface area contributed by atoms with E-state index in [-0.39, 0.29) is 16.5 Å². The molecule has 26 heavy (non-hydrogen) atoms. The van der Waals surface area contributed by atoms with Crippen molar-refractivity contribution in [2.75, 3.05) is 0 Å². The minimum Gasteiger partial charge on any atom is -0.290 e. The molecule has 0 N–H and O–H groups in total. The molecule has 0 atom stereocenters. The van der Waals surface area contributed by atoms with Gasteiger partial charge < -0.3 is 0 Å². The van der Waals surface area contributed by atoms with Gasteiger partial charge in [0, 0.05) is 5.56 Å². The highest BCUT2D eigenvalue weighted by atomic mass is 32.2. The van der Waals surface area contributed by atoms with Gasteiger partial charge in [-0.15, -0.1) is 4.40 Å². The lowest BCUT2D eigenvalue weighted by Gasteiger charge is -2.05. The summed E-state index contributed by atoms with van der Waals surface area (Å²) in [7, 11) is -3.92. The van der Waals surface area contributed by atoms with E-state index in [0.29, 0.717) is 11.3 Å². The van der Waals surface area contributed by atoms with E-state index < -0.39 is 10.0 Å². The lowest BCUT2D eigenvalue weighted by Crippen LogP contribution is -2.08. The molecule has 130 valence electrons. The van der Waals surface area contributed by atoms with E-state index in [1.54, 1.807) is 36.4 Å². The normalized spacial score (nSPS) is 14.6. The Morgan fingerprint density at radius 3 is 2.08 bits per heavy atom. The minimum atomic E-state index is -3.92. The van der Waals surface area contributed by atoms with E-state index in [0.717, 1.165) is 5.56 Å². The van der Waals surface area contributed by atoms with E-state index in [1.165, 1.54) is 36.4 Å². The number of nitrogens with zero attached hydrogens (tertiary/aromatic N) is 2. The molecule has 0 aromatic heterocycles. The fourth-order valence-corrected chi connectivity index (χ4v) is 3.20. The molecular formula is C20H16N2O3S. The third-order valence-corrected chi connectivity index (χ3v) is 4.91. The van der Waals surface area contributed by atoms with Crippen LogP contribution in [0.25, 0.3) is 0 Å². The molecule has 0 amide bonds. The van der Waals surface area contributed by atoms with Crippen molar-refractivity contribution < 1.29 is 13.2 Å². The number of allylic oxidation sites excluding steroid dienone is 4. The molecule has 0 unspecified atom stereocenters. The van der Waals surface area contributed by atoms with Gasteiger partial charge in [0.25, 0.3) is 10.0 Å². The number of hydrogen-bond donors (Lipinski definition) is 0. The first-order chi connectivity index (χ1) is 12.4. The first kappa shape index (κ1) is 17.7. The summed E-state index contributed by atoms with van der Waals surface area (Å²) in [5.41, 5.74) is 1.97. The predicted octanol–water partition coefficient (Wildman–Crippen LogP) is 3.27. The van der Waals surface area contributed by atoms with Gasteiger partial charge in [0.05, 0.1) is 10.6 Å². The summed E-state index contributed by atoms with van der Waals surface area (Å²) in [6.45, 7) is 1.88. The maximum Gasteiger partial charge on any atom is 0.284 e. The largest absolute Gasteiger partial charge is 0.290 e. The monoisotopic (exact) mass is 364 g/mol. The molecule has 0 fully saturated rings. The van der Waals surface area contributed by atoms with Crippen molar-refractivity contribution in [2.45, 2.75) is 11.8 Å². The zero-order chi connectivity index (χ0) is 18.6. The van der Waals surface area contributed by atoms with E-state index in [4.69, 9.17) is 0 Å². The maximum absolute atomic E-state index is 12.7. The summed E-state index contributed by atoms with van der Waals surface area (Å²) in [4.78, 5) is 15.7. The van der Waals surface area contributed by atoms with Gasteiger partial charge in [0.1, 0.15) is 0 Å². The Bertz CT molecular complexity index is 1030. The van der Waals surface area contributed by atoms with Crippen LogP contribution in [0.4, 0.5) is 0 Å². The van der Waals surface area contributed by atoms with Gasteiger partial charge in [-0.25, -0.2) is 4.99 Å². The van der Waals surface area contributed by atoms with E-state index >= 15 is 0 Å². The molecule has 2 aromatic carbocycles. The summed E-state index contributed by atoms with van der Waals surface area (Å²) < 4.78 is 29.3. The Morgan fingerprint density at radius 1 is 0.846 bits per heavy atom. The topological polar surface area (TPSA) is 75.9 Å². The lowest BCUT2D eigenvalue weighted by atomic mass is 10.1. The molecule has 6 heteroatoms. The molecule has 0 saturated carbocycles. The average molecular weight is 364 g/mol. The van der Waals surface area contributed by atoms with E-state index in [1.807, 2.05) is 13.0 Å². The summed E-state index contributed by atoms with van der Waals surface area (Å²) in [6, 6.07) is 15.3. The van der Waals surface area contributed by atoms with Crippen LogP contribution in [0.3, 0.4) is 0 Å². The molecule has 0 radical (unpaired) electrons. The number of amidine groups is 1. The highest BCUT2D eigenvalue weighted by Crippen LogP contribution is 2.16. The Balaban J connectivity index is 2.09. The second-order valence-corrected chi connectivity index (χ2v) is 7.28. The summed E-state index contributed by atoms with van der Waals surface area (Å²) in [5.74, 6) is -0.0840. The van der Waals surface area contributed by atoms with Crippen LogP contribution >= 0.6 is 0 Å². The lowest BCUT2D eigenvalue weighted by molar-refractivity contribution is -0.110. The molecule has 1 aliphatic carbocycles.